The second kappa shape index (κ2) is 4.22. The van der Waals surface area contributed by atoms with E-state index in [2.05, 4.69) is 4.74 Å². The molecular weight excluding hydrogens is 229 g/mol. The molecule has 0 aliphatic heterocycles. The summed E-state index contributed by atoms with van der Waals surface area (Å²) in [7, 11) is 1.11. The van der Waals surface area contributed by atoms with Gasteiger partial charge in [-0.2, -0.15) is 4.39 Å². The van der Waals surface area contributed by atoms with Gasteiger partial charge in [-0.3, -0.25) is 10.1 Å². The van der Waals surface area contributed by atoms with Gasteiger partial charge in [-0.05, 0) is 12.1 Å². The summed E-state index contributed by atoms with van der Waals surface area (Å²) in [5, 5.41) is 9.91. The molecule has 0 atom stereocenters. The molecular formula is C8H5ClFNO4. The van der Waals surface area contributed by atoms with E-state index in [9.17, 15) is 19.3 Å². The first-order valence-corrected chi connectivity index (χ1v) is 4.07. The molecule has 0 aromatic heterocycles. The average Bonchev–Trinajstić information content (AvgIpc) is 2.14. The summed E-state index contributed by atoms with van der Waals surface area (Å²) in [5.41, 5.74) is -1.03. The van der Waals surface area contributed by atoms with Crippen molar-refractivity contribution in [1.29, 1.82) is 0 Å². The molecule has 0 unspecified atom stereocenters. The highest BCUT2D eigenvalue weighted by Gasteiger charge is 2.22. The van der Waals surface area contributed by atoms with Crippen molar-refractivity contribution in [3.05, 3.63) is 38.7 Å². The zero-order chi connectivity index (χ0) is 11.6. The lowest BCUT2D eigenvalue weighted by molar-refractivity contribution is -0.387. The maximum atomic E-state index is 13.1. The van der Waals surface area contributed by atoms with Crippen molar-refractivity contribution in [3.63, 3.8) is 0 Å². The van der Waals surface area contributed by atoms with Gasteiger partial charge in [0, 0.05) is 0 Å². The number of esters is 1. The van der Waals surface area contributed by atoms with E-state index >= 15 is 0 Å². The van der Waals surface area contributed by atoms with Crippen LogP contribution in [0.25, 0.3) is 0 Å². The number of hydrogen-bond acceptors (Lipinski definition) is 4. The first kappa shape index (κ1) is 11.4. The number of methoxy groups -OCH3 is 1. The van der Waals surface area contributed by atoms with Crippen molar-refractivity contribution in [3.8, 4) is 0 Å². The van der Waals surface area contributed by atoms with E-state index in [0.29, 0.717) is 6.07 Å². The Balaban J connectivity index is 3.31. The van der Waals surface area contributed by atoms with Crippen LogP contribution in [0.5, 0.6) is 0 Å². The summed E-state index contributed by atoms with van der Waals surface area (Å²) >= 11 is 5.44. The second-order valence-corrected chi connectivity index (χ2v) is 2.94. The molecule has 1 rings (SSSR count). The monoisotopic (exact) mass is 233 g/mol. The number of nitro benzene ring substituents is 1. The largest absolute Gasteiger partial charge is 0.465 e. The molecule has 0 amide bonds. The highest BCUT2D eigenvalue weighted by Crippen LogP contribution is 2.28. The average molecular weight is 234 g/mol. The number of carbonyl (C=O) groups excluding carboxylic acids is 1. The highest BCUT2D eigenvalue weighted by atomic mass is 35.5. The molecule has 7 heteroatoms. The van der Waals surface area contributed by atoms with Crippen LogP contribution in [-0.4, -0.2) is 18.0 Å². The molecule has 0 heterocycles. The lowest BCUT2D eigenvalue weighted by Gasteiger charge is -2.01. The lowest BCUT2D eigenvalue weighted by atomic mass is 10.2. The third-order valence-corrected chi connectivity index (χ3v) is 1.91. The molecule has 15 heavy (non-hydrogen) atoms. The zero-order valence-electron chi connectivity index (χ0n) is 7.49. The Kier molecular flexibility index (Phi) is 3.21. The molecule has 0 saturated carbocycles. The van der Waals surface area contributed by atoms with Gasteiger partial charge in [0.25, 0.3) is 0 Å². The fourth-order valence-corrected chi connectivity index (χ4v) is 1.25. The van der Waals surface area contributed by atoms with E-state index in [-0.39, 0.29) is 5.56 Å². The Morgan fingerprint density at radius 2 is 2.20 bits per heavy atom. The Morgan fingerprint density at radius 3 is 2.60 bits per heavy atom. The van der Waals surface area contributed by atoms with Crippen LogP contribution in [0.1, 0.15) is 10.4 Å². The van der Waals surface area contributed by atoms with E-state index in [1.807, 2.05) is 0 Å². The minimum Gasteiger partial charge on any atom is -0.465 e. The molecule has 0 bridgehead atoms. The van der Waals surface area contributed by atoms with Crippen molar-refractivity contribution in [2.75, 3.05) is 7.11 Å². The normalized spacial score (nSPS) is 9.80. The Hall–Kier alpha value is -1.69. The van der Waals surface area contributed by atoms with Crippen molar-refractivity contribution >= 4 is 23.3 Å². The van der Waals surface area contributed by atoms with Gasteiger partial charge in [-0.25, -0.2) is 4.79 Å². The molecule has 5 nitrogen and oxygen atoms in total. The van der Waals surface area contributed by atoms with Crippen LogP contribution in [0.3, 0.4) is 0 Å². The predicted octanol–water partition coefficient (Wildman–Crippen LogP) is 2.17. The lowest BCUT2D eigenvalue weighted by Crippen LogP contribution is -2.03. The smallest absolute Gasteiger partial charge is 0.338 e. The summed E-state index contributed by atoms with van der Waals surface area (Å²) in [5.74, 6) is -1.99. The summed E-state index contributed by atoms with van der Waals surface area (Å²) in [4.78, 5) is 20.4. The molecule has 1 aromatic carbocycles. The Morgan fingerprint density at radius 1 is 1.60 bits per heavy atom. The van der Waals surface area contributed by atoms with Crippen LogP contribution < -0.4 is 0 Å². The summed E-state index contributed by atoms with van der Waals surface area (Å²) in [6, 6.07) is 1.68. The maximum absolute atomic E-state index is 13.1. The number of carbonyl (C=O) groups is 1. The molecule has 0 radical (unpaired) electrons. The van der Waals surface area contributed by atoms with Gasteiger partial charge in [0.05, 0.1) is 17.6 Å². The summed E-state index contributed by atoms with van der Waals surface area (Å²) < 4.78 is 17.4. The standard InChI is InChI=1S/C8H5ClFNO4/c1-15-8(12)4-2-5(9)7(11(13)14)6(10)3-4/h2-3H,1H3. The van der Waals surface area contributed by atoms with E-state index < -0.39 is 27.4 Å². The van der Waals surface area contributed by atoms with Crippen LogP contribution >= 0.6 is 11.6 Å². The number of nitrogens with zero attached hydrogens (tertiary/aromatic N) is 1. The zero-order valence-corrected chi connectivity index (χ0v) is 8.25. The van der Waals surface area contributed by atoms with E-state index in [1.165, 1.54) is 0 Å². The fraction of sp³-hybridized carbons (Fsp3) is 0.125. The van der Waals surface area contributed by atoms with Crippen LogP contribution in [0, 0.1) is 15.9 Å². The van der Waals surface area contributed by atoms with Gasteiger partial charge in [-0.1, -0.05) is 11.6 Å². The van der Waals surface area contributed by atoms with Crippen LogP contribution in [0.2, 0.25) is 5.02 Å². The van der Waals surface area contributed by atoms with Gasteiger partial charge < -0.3 is 4.74 Å². The summed E-state index contributed by atoms with van der Waals surface area (Å²) in [6.07, 6.45) is 0. The molecule has 1 aromatic rings. The highest BCUT2D eigenvalue weighted by molar-refractivity contribution is 6.33. The summed E-state index contributed by atoms with van der Waals surface area (Å²) in [6.45, 7) is 0. The van der Waals surface area contributed by atoms with E-state index in [1.54, 1.807) is 0 Å². The van der Waals surface area contributed by atoms with Crippen LogP contribution in [0.15, 0.2) is 12.1 Å². The molecule has 0 aliphatic rings. The quantitative estimate of drug-likeness (QED) is 0.446. The molecule has 0 saturated heterocycles. The van der Waals surface area contributed by atoms with Crippen molar-refractivity contribution in [2.24, 2.45) is 0 Å². The van der Waals surface area contributed by atoms with Gasteiger partial charge in [-0.15, -0.1) is 0 Å². The Bertz CT molecular complexity index is 412. The van der Waals surface area contributed by atoms with Crippen LogP contribution in [0.4, 0.5) is 10.1 Å². The minimum atomic E-state index is -1.17. The van der Waals surface area contributed by atoms with Crippen molar-refractivity contribution in [2.45, 2.75) is 0 Å². The van der Waals surface area contributed by atoms with Gasteiger partial charge in [0.1, 0.15) is 5.02 Å². The molecule has 0 aliphatic carbocycles. The maximum Gasteiger partial charge on any atom is 0.338 e. The van der Waals surface area contributed by atoms with Gasteiger partial charge >= 0.3 is 11.7 Å². The molecule has 0 N–H and O–H groups in total. The number of hydrogen-bond donors (Lipinski definition) is 0. The van der Waals surface area contributed by atoms with Crippen molar-refractivity contribution in [1.82, 2.24) is 0 Å². The van der Waals surface area contributed by atoms with E-state index in [4.69, 9.17) is 11.6 Å². The predicted molar refractivity (Wildman–Crippen MR) is 49.4 cm³/mol. The molecule has 0 spiro atoms. The SMILES string of the molecule is COC(=O)c1cc(F)c([N+](=O)[O-])c(Cl)c1. The number of halogens is 2. The molecule has 0 fully saturated rings. The Labute approximate surface area is 88.6 Å². The number of rotatable bonds is 2. The van der Waals surface area contributed by atoms with Gasteiger partial charge in [0.2, 0.25) is 5.82 Å². The third kappa shape index (κ3) is 2.21. The topological polar surface area (TPSA) is 69.4 Å². The minimum absolute atomic E-state index is 0.175. The molecule has 80 valence electrons. The first-order chi connectivity index (χ1) is 6.97. The van der Waals surface area contributed by atoms with Gasteiger partial charge in [0.15, 0.2) is 0 Å². The first-order valence-electron chi connectivity index (χ1n) is 3.69. The third-order valence-electron chi connectivity index (χ3n) is 1.62. The van der Waals surface area contributed by atoms with Crippen molar-refractivity contribution < 1.29 is 18.8 Å². The number of ether oxygens (including phenoxy) is 1. The fourth-order valence-electron chi connectivity index (χ4n) is 0.976. The second-order valence-electron chi connectivity index (χ2n) is 2.54. The van der Waals surface area contributed by atoms with Crippen LogP contribution in [-0.2, 0) is 4.74 Å². The number of nitro groups is 1. The number of benzene rings is 1. The van der Waals surface area contributed by atoms with E-state index in [0.717, 1.165) is 13.2 Å².